The third-order valence-corrected chi connectivity index (χ3v) is 5.15. The van der Waals surface area contributed by atoms with Crippen molar-refractivity contribution in [2.45, 2.75) is 11.4 Å². The molecule has 2 aromatic carbocycles. The van der Waals surface area contributed by atoms with Gasteiger partial charge in [0.1, 0.15) is 0 Å². The van der Waals surface area contributed by atoms with Crippen molar-refractivity contribution in [1.82, 2.24) is 4.31 Å². The van der Waals surface area contributed by atoms with Crippen molar-refractivity contribution in [2.24, 2.45) is 0 Å². The Bertz CT molecular complexity index is 868. The second-order valence-corrected chi connectivity index (χ2v) is 7.07. The summed E-state index contributed by atoms with van der Waals surface area (Å²) in [4.78, 5) is 11.4. The fourth-order valence-electron chi connectivity index (χ4n) is 2.06. The number of halogens is 2. The summed E-state index contributed by atoms with van der Waals surface area (Å²) in [5.74, 6) is -2.71. The number of carbonyl (C=O) groups excluding carboxylic acids is 1. The van der Waals surface area contributed by atoms with Crippen molar-refractivity contribution in [3.8, 4) is 0 Å². The van der Waals surface area contributed by atoms with E-state index in [1.807, 2.05) is 0 Å². The molecule has 5 nitrogen and oxygen atoms in total. The van der Waals surface area contributed by atoms with E-state index in [2.05, 4.69) is 4.74 Å². The second-order valence-electron chi connectivity index (χ2n) is 5.03. The van der Waals surface area contributed by atoms with Crippen LogP contribution >= 0.6 is 0 Å². The molecule has 0 atom stereocenters. The molecule has 0 radical (unpaired) electrons. The predicted molar refractivity (Wildman–Crippen MR) is 82.8 cm³/mol. The molecule has 128 valence electrons. The van der Waals surface area contributed by atoms with Crippen LogP contribution in [0.3, 0.4) is 0 Å². The first-order chi connectivity index (χ1) is 11.3. The molecule has 2 rings (SSSR count). The summed E-state index contributed by atoms with van der Waals surface area (Å²) in [6.45, 7) is -0.151. The number of benzene rings is 2. The Kier molecular flexibility index (Phi) is 5.30. The Morgan fingerprint density at radius 3 is 2.46 bits per heavy atom. The van der Waals surface area contributed by atoms with E-state index in [1.165, 1.54) is 44.5 Å². The van der Waals surface area contributed by atoms with Crippen LogP contribution in [0.5, 0.6) is 0 Å². The van der Waals surface area contributed by atoms with Gasteiger partial charge in [-0.2, -0.15) is 4.31 Å². The smallest absolute Gasteiger partial charge is 0.337 e. The lowest BCUT2D eigenvalue weighted by Crippen LogP contribution is -2.26. The topological polar surface area (TPSA) is 63.7 Å². The minimum Gasteiger partial charge on any atom is -0.465 e. The number of hydrogen-bond acceptors (Lipinski definition) is 4. The minimum absolute atomic E-state index is 0.0970. The summed E-state index contributed by atoms with van der Waals surface area (Å²) >= 11 is 0. The fraction of sp³-hybridized carbons (Fsp3) is 0.188. The van der Waals surface area contributed by atoms with Gasteiger partial charge in [0.15, 0.2) is 11.6 Å². The molecule has 0 heterocycles. The Morgan fingerprint density at radius 2 is 1.83 bits per heavy atom. The molecule has 0 aromatic heterocycles. The van der Waals surface area contributed by atoms with E-state index < -0.39 is 27.6 Å². The first-order valence-corrected chi connectivity index (χ1v) is 8.28. The molecular formula is C16H15F2NO4S. The summed E-state index contributed by atoms with van der Waals surface area (Å²) in [7, 11) is -1.41. The highest BCUT2D eigenvalue weighted by Gasteiger charge is 2.22. The molecule has 2 aromatic rings. The van der Waals surface area contributed by atoms with Gasteiger partial charge in [0, 0.05) is 13.6 Å². The van der Waals surface area contributed by atoms with Crippen molar-refractivity contribution < 1.29 is 26.7 Å². The molecule has 8 heteroatoms. The lowest BCUT2D eigenvalue weighted by atomic mass is 10.2. The number of esters is 1. The first-order valence-electron chi connectivity index (χ1n) is 6.84. The third-order valence-electron chi connectivity index (χ3n) is 3.35. The third kappa shape index (κ3) is 3.77. The Labute approximate surface area is 138 Å². The van der Waals surface area contributed by atoms with Gasteiger partial charge in [-0.15, -0.1) is 0 Å². The minimum atomic E-state index is -3.92. The van der Waals surface area contributed by atoms with Crippen LogP contribution in [0.25, 0.3) is 0 Å². The number of sulfonamides is 1. The van der Waals surface area contributed by atoms with E-state index in [1.54, 1.807) is 0 Å². The lowest BCUT2D eigenvalue weighted by molar-refractivity contribution is 0.0600. The molecule has 0 amide bonds. The molecule has 0 fully saturated rings. The van der Waals surface area contributed by atoms with E-state index in [0.29, 0.717) is 5.56 Å². The van der Waals surface area contributed by atoms with Crippen molar-refractivity contribution in [1.29, 1.82) is 0 Å². The van der Waals surface area contributed by atoms with Crippen LogP contribution in [-0.2, 0) is 21.3 Å². The summed E-state index contributed by atoms with van der Waals surface area (Å²) < 4.78 is 56.8. The highest BCUT2D eigenvalue weighted by atomic mass is 32.2. The van der Waals surface area contributed by atoms with Gasteiger partial charge in [-0.1, -0.05) is 12.1 Å². The SMILES string of the molecule is COC(=O)c1cccc(S(=O)(=O)N(C)Cc2ccc(F)c(F)c2)c1. The molecule has 0 aliphatic rings. The van der Waals surface area contributed by atoms with Crippen LogP contribution < -0.4 is 0 Å². The second kappa shape index (κ2) is 7.06. The average molecular weight is 355 g/mol. The monoisotopic (exact) mass is 355 g/mol. The predicted octanol–water partition coefficient (Wildman–Crippen LogP) is 2.57. The summed E-state index contributed by atoms with van der Waals surface area (Å²) in [6, 6.07) is 8.56. The van der Waals surface area contributed by atoms with Crippen LogP contribution in [0, 0.1) is 11.6 Å². The van der Waals surface area contributed by atoms with E-state index in [9.17, 15) is 22.0 Å². The summed E-state index contributed by atoms with van der Waals surface area (Å²) in [5, 5.41) is 0. The van der Waals surface area contributed by atoms with Crippen LogP contribution in [0.2, 0.25) is 0 Å². The van der Waals surface area contributed by atoms with Gasteiger partial charge in [-0.25, -0.2) is 22.0 Å². The van der Waals surface area contributed by atoms with Gasteiger partial charge in [0.25, 0.3) is 0 Å². The van der Waals surface area contributed by atoms with Crippen LogP contribution in [-0.4, -0.2) is 32.8 Å². The van der Waals surface area contributed by atoms with Crippen molar-refractivity contribution in [3.05, 3.63) is 65.2 Å². The molecular weight excluding hydrogens is 340 g/mol. The summed E-state index contributed by atoms with van der Waals surface area (Å²) in [6.07, 6.45) is 0. The number of ether oxygens (including phenoxy) is 1. The zero-order valence-electron chi connectivity index (χ0n) is 13.0. The summed E-state index contributed by atoms with van der Waals surface area (Å²) in [5.41, 5.74) is 0.392. The molecule has 24 heavy (non-hydrogen) atoms. The maximum atomic E-state index is 13.2. The molecule has 0 spiro atoms. The van der Waals surface area contributed by atoms with Crippen LogP contribution in [0.1, 0.15) is 15.9 Å². The maximum absolute atomic E-state index is 13.2. The van der Waals surface area contributed by atoms with E-state index in [0.717, 1.165) is 16.4 Å². The van der Waals surface area contributed by atoms with Gasteiger partial charge >= 0.3 is 5.97 Å². The van der Waals surface area contributed by atoms with E-state index >= 15 is 0 Å². The molecule has 0 N–H and O–H groups in total. The van der Waals surface area contributed by atoms with Gasteiger partial charge < -0.3 is 4.74 Å². The Morgan fingerprint density at radius 1 is 1.12 bits per heavy atom. The maximum Gasteiger partial charge on any atom is 0.337 e. The highest BCUT2D eigenvalue weighted by Crippen LogP contribution is 2.19. The van der Waals surface area contributed by atoms with E-state index in [4.69, 9.17) is 0 Å². The molecule has 0 saturated heterocycles. The van der Waals surface area contributed by atoms with Crippen molar-refractivity contribution in [3.63, 3.8) is 0 Å². The lowest BCUT2D eigenvalue weighted by Gasteiger charge is -2.17. The zero-order valence-corrected chi connectivity index (χ0v) is 13.8. The van der Waals surface area contributed by atoms with E-state index in [-0.39, 0.29) is 17.0 Å². The Hall–Kier alpha value is -2.32. The fourth-order valence-corrected chi connectivity index (χ4v) is 3.27. The molecule has 0 bridgehead atoms. The number of hydrogen-bond donors (Lipinski definition) is 0. The standard InChI is InChI=1S/C16H15F2NO4S/c1-19(10-11-6-7-14(17)15(18)8-11)24(21,22)13-5-3-4-12(9-13)16(20)23-2/h3-9H,10H2,1-2H3. The molecule has 0 aliphatic carbocycles. The Balaban J connectivity index is 2.29. The largest absolute Gasteiger partial charge is 0.465 e. The van der Waals surface area contributed by atoms with Crippen LogP contribution in [0.4, 0.5) is 8.78 Å². The van der Waals surface area contributed by atoms with Gasteiger partial charge in [-0.3, -0.25) is 0 Å². The highest BCUT2D eigenvalue weighted by molar-refractivity contribution is 7.89. The molecule has 0 saturated carbocycles. The number of carbonyl (C=O) groups is 1. The average Bonchev–Trinajstić information content (AvgIpc) is 2.57. The molecule has 0 unspecified atom stereocenters. The van der Waals surface area contributed by atoms with Crippen LogP contribution in [0.15, 0.2) is 47.4 Å². The number of methoxy groups -OCH3 is 1. The zero-order chi connectivity index (χ0) is 17.9. The van der Waals surface area contributed by atoms with Gasteiger partial charge in [0.05, 0.1) is 17.6 Å². The number of rotatable bonds is 5. The van der Waals surface area contributed by atoms with Gasteiger partial charge in [0.2, 0.25) is 10.0 Å². The normalized spacial score (nSPS) is 11.5. The van der Waals surface area contributed by atoms with Crippen molar-refractivity contribution in [2.75, 3.05) is 14.2 Å². The molecule has 0 aliphatic heterocycles. The van der Waals surface area contributed by atoms with Gasteiger partial charge in [-0.05, 0) is 35.9 Å². The first kappa shape index (κ1) is 18.0. The van der Waals surface area contributed by atoms with Crippen molar-refractivity contribution >= 4 is 16.0 Å². The number of nitrogens with zero attached hydrogens (tertiary/aromatic N) is 1. The quantitative estimate of drug-likeness (QED) is 0.774.